The smallest absolute Gasteiger partial charge is 0.287 e. The predicted octanol–water partition coefficient (Wildman–Crippen LogP) is -1.17. The standard InChI is InChI=1S/C31H37N7O10S/c1-15(39)38-26-16-8-17-11-31(26,38)12-18(9-16)25(17)36-23(41)13-37-7-3-4-21(30(37)45)35-28(43)20(5-6-22(40)29(44)33-2)34-27(42)19-10-24(48-14-19)49(32,46)47/h3-4,7,10,14,16-18,20,25-26H,5-6,8-9,11-13H2,1-2H3,(H,33,44)(H,34,42)(H,35,43)(H,36,41)(H2,32,46,47)/t16?,17?,18?,20-,25?,26?,31?,38?/m0/s1. The van der Waals surface area contributed by atoms with E-state index in [-0.39, 0.29) is 59.4 Å². The van der Waals surface area contributed by atoms with Crippen LogP contribution in [-0.2, 0) is 40.5 Å². The van der Waals surface area contributed by atoms with Crippen LogP contribution in [0.15, 0.2) is 45.0 Å². The predicted molar refractivity (Wildman–Crippen MR) is 169 cm³/mol. The summed E-state index contributed by atoms with van der Waals surface area (Å²) in [5.74, 6) is -2.96. The first-order valence-electron chi connectivity index (χ1n) is 15.9. The Morgan fingerprint density at radius 1 is 1.10 bits per heavy atom. The molecular weight excluding hydrogens is 662 g/mol. The Labute approximate surface area is 280 Å². The number of hydrogen-bond acceptors (Lipinski definition) is 10. The summed E-state index contributed by atoms with van der Waals surface area (Å²) in [5, 5.41) is 14.4. The molecule has 5 amide bonds. The van der Waals surface area contributed by atoms with Gasteiger partial charge in [-0.1, -0.05) is 0 Å². The first kappa shape index (κ1) is 34.0. The van der Waals surface area contributed by atoms with E-state index in [9.17, 15) is 42.0 Å². The molecule has 4 bridgehead atoms. The van der Waals surface area contributed by atoms with Gasteiger partial charge in [-0.05, 0) is 62.0 Å². The maximum absolute atomic E-state index is 13.4. The fourth-order valence-electron chi connectivity index (χ4n) is 8.44. The fourth-order valence-corrected chi connectivity index (χ4v) is 8.91. The lowest BCUT2D eigenvalue weighted by atomic mass is 9.54. The van der Waals surface area contributed by atoms with Gasteiger partial charge in [-0.2, -0.15) is 0 Å². The van der Waals surface area contributed by atoms with Gasteiger partial charge in [-0.3, -0.25) is 33.6 Å². The Bertz CT molecular complexity index is 1900. The van der Waals surface area contributed by atoms with Gasteiger partial charge in [0.1, 0.15) is 24.5 Å². The number of nitrogens with one attached hydrogen (secondary N) is 4. The second kappa shape index (κ2) is 12.6. The minimum atomic E-state index is -4.26. The summed E-state index contributed by atoms with van der Waals surface area (Å²) in [7, 11) is -3.01. The molecule has 5 aliphatic rings. The SMILES string of the molecule is CNC(=O)C(=O)CC[C@H](NC(=O)c1coc(S(N)(=O)=O)c1)C(=O)Nc1cccn(CC(=O)NC2C3CC4CC2CC2(C3)C4N2C(C)=O)c1=O. The molecule has 1 aliphatic heterocycles. The van der Waals surface area contributed by atoms with Crippen LogP contribution in [0.4, 0.5) is 5.69 Å². The molecule has 7 rings (SSSR count). The number of likely N-dealkylation sites (N-methyl/N-ethyl adjacent to an activating group) is 1. The lowest BCUT2D eigenvalue weighted by molar-refractivity contribution is -0.137. The zero-order valence-corrected chi connectivity index (χ0v) is 27.6. The van der Waals surface area contributed by atoms with Crippen molar-refractivity contribution in [1.82, 2.24) is 25.4 Å². The number of nitrogens with zero attached hydrogens (tertiary/aromatic N) is 2. The van der Waals surface area contributed by atoms with Crippen LogP contribution in [0.3, 0.4) is 0 Å². The van der Waals surface area contributed by atoms with E-state index in [1.165, 1.54) is 25.4 Å². The molecule has 1 saturated heterocycles. The van der Waals surface area contributed by atoms with Crippen LogP contribution in [0.25, 0.3) is 0 Å². The number of amides is 5. The van der Waals surface area contributed by atoms with Crippen LogP contribution in [0.5, 0.6) is 0 Å². The highest BCUT2D eigenvalue weighted by molar-refractivity contribution is 7.89. The van der Waals surface area contributed by atoms with Crippen LogP contribution >= 0.6 is 0 Å². The fraction of sp³-hybridized carbons (Fsp3) is 0.516. The number of sulfonamides is 1. The van der Waals surface area contributed by atoms with Crippen molar-refractivity contribution in [3.05, 3.63) is 46.6 Å². The van der Waals surface area contributed by atoms with Gasteiger partial charge in [0.05, 0.1) is 17.1 Å². The number of carbonyl (C=O) groups is 6. The molecule has 49 heavy (non-hydrogen) atoms. The molecule has 262 valence electrons. The zero-order valence-electron chi connectivity index (χ0n) is 26.8. The van der Waals surface area contributed by atoms with E-state index in [1.807, 2.05) is 4.90 Å². The third-order valence-corrected chi connectivity index (χ3v) is 11.1. The van der Waals surface area contributed by atoms with E-state index in [2.05, 4.69) is 21.3 Å². The van der Waals surface area contributed by atoms with Crippen molar-refractivity contribution in [3.8, 4) is 0 Å². The van der Waals surface area contributed by atoms with Gasteiger partial charge in [0.25, 0.3) is 27.4 Å². The number of carbonyl (C=O) groups excluding carboxylic acids is 6. The molecule has 3 heterocycles. The molecule has 18 heteroatoms. The van der Waals surface area contributed by atoms with Gasteiger partial charge in [-0.25, -0.2) is 13.6 Å². The molecule has 4 atom stereocenters. The summed E-state index contributed by atoms with van der Waals surface area (Å²) in [6.45, 7) is 1.30. The van der Waals surface area contributed by atoms with Crippen molar-refractivity contribution in [2.45, 2.75) is 80.8 Å². The van der Waals surface area contributed by atoms with Crippen molar-refractivity contribution in [2.75, 3.05) is 12.4 Å². The normalized spacial score (nSPS) is 26.7. The molecule has 2 aromatic heterocycles. The molecule has 1 spiro atoms. The van der Waals surface area contributed by atoms with E-state index in [0.717, 1.165) is 42.6 Å². The molecule has 6 N–H and O–H groups in total. The number of Topliss-reactive ketones (excluding diaryl/α,β-unsaturated/α-hetero) is 1. The summed E-state index contributed by atoms with van der Waals surface area (Å²) in [6, 6.07) is 2.42. The first-order chi connectivity index (χ1) is 23.1. The zero-order chi connectivity index (χ0) is 35.4. The van der Waals surface area contributed by atoms with Crippen LogP contribution in [0.2, 0.25) is 0 Å². The summed E-state index contributed by atoms with van der Waals surface area (Å²) in [6.07, 6.45) is 5.00. The van der Waals surface area contributed by atoms with Gasteiger partial charge < -0.3 is 35.2 Å². The number of nitrogens with two attached hydrogens (primary N) is 1. The van der Waals surface area contributed by atoms with E-state index in [4.69, 9.17) is 9.56 Å². The monoisotopic (exact) mass is 699 g/mol. The molecule has 2 aromatic rings. The number of likely N-dealkylation sites (tertiary alicyclic amines) is 1. The van der Waals surface area contributed by atoms with E-state index in [0.29, 0.717) is 12.0 Å². The second-order valence-electron chi connectivity index (χ2n) is 13.3. The van der Waals surface area contributed by atoms with Crippen LogP contribution in [-0.4, -0.2) is 83.9 Å². The lowest BCUT2D eigenvalue weighted by Crippen LogP contribution is -2.59. The highest BCUT2D eigenvalue weighted by Crippen LogP contribution is 2.67. The van der Waals surface area contributed by atoms with Crippen molar-refractivity contribution in [3.63, 3.8) is 0 Å². The highest BCUT2D eigenvalue weighted by atomic mass is 32.2. The summed E-state index contributed by atoms with van der Waals surface area (Å²) >= 11 is 0. The first-order valence-corrected chi connectivity index (χ1v) is 17.4. The minimum absolute atomic E-state index is 0.0542. The van der Waals surface area contributed by atoms with E-state index < -0.39 is 56.6 Å². The van der Waals surface area contributed by atoms with Crippen LogP contribution in [0.1, 0.15) is 55.8 Å². The molecule has 17 nitrogen and oxygen atoms in total. The van der Waals surface area contributed by atoms with Gasteiger partial charge >= 0.3 is 0 Å². The molecule has 0 radical (unpaired) electrons. The third-order valence-electron chi connectivity index (χ3n) is 10.3. The Kier molecular flexibility index (Phi) is 8.72. The summed E-state index contributed by atoms with van der Waals surface area (Å²) in [5.41, 5.74) is -1.27. The van der Waals surface area contributed by atoms with Crippen LogP contribution in [0, 0.1) is 17.8 Å². The number of ketones is 1. The number of hydrogen-bond donors (Lipinski definition) is 5. The Morgan fingerprint density at radius 2 is 1.80 bits per heavy atom. The van der Waals surface area contributed by atoms with Gasteiger partial charge in [0.2, 0.25) is 28.6 Å². The maximum Gasteiger partial charge on any atom is 0.287 e. The number of pyridine rings is 1. The van der Waals surface area contributed by atoms with Crippen LogP contribution < -0.4 is 32.0 Å². The second-order valence-corrected chi connectivity index (χ2v) is 14.8. The van der Waals surface area contributed by atoms with E-state index >= 15 is 0 Å². The maximum atomic E-state index is 13.4. The molecule has 4 saturated carbocycles. The van der Waals surface area contributed by atoms with Crippen molar-refractivity contribution >= 4 is 51.0 Å². The highest BCUT2D eigenvalue weighted by Gasteiger charge is 2.75. The largest absolute Gasteiger partial charge is 0.451 e. The molecular formula is C31H37N7O10S. The average molecular weight is 700 g/mol. The molecule has 4 aliphatic carbocycles. The number of primary sulfonamides is 1. The van der Waals surface area contributed by atoms with Crippen molar-refractivity contribution < 1.29 is 41.6 Å². The minimum Gasteiger partial charge on any atom is -0.451 e. The summed E-state index contributed by atoms with van der Waals surface area (Å²) < 4.78 is 29.0. The Hall–Kier alpha value is -4.84. The van der Waals surface area contributed by atoms with Gasteiger partial charge in [0, 0.05) is 38.7 Å². The number of aromatic nitrogens is 1. The van der Waals surface area contributed by atoms with Crippen molar-refractivity contribution in [1.29, 1.82) is 0 Å². The Morgan fingerprint density at radius 3 is 2.41 bits per heavy atom. The molecule has 0 aromatic carbocycles. The van der Waals surface area contributed by atoms with Gasteiger partial charge in [0.15, 0.2) is 0 Å². The van der Waals surface area contributed by atoms with Crippen molar-refractivity contribution in [2.24, 2.45) is 22.9 Å². The number of anilines is 1. The average Bonchev–Trinajstić information content (AvgIpc) is 3.42. The van der Waals surface area contributed by atoms with Gasteiger partial charge in [-0.15, -0.1) is 0 Å². The summed E-state index contributed by atoms with van der Waals surface area (Å²) in [4.78, 5) is 90.9. The Balaban J connectivity index is 1.11. The number of furan rings is 1. The lowest BCUT2D eigenvalue weighted by Gasteiger charge is -2.52. The molecule has 5 fully saturated rings. The third kappa shape index (κ3) is 6.37. The topological polar surface area (TPSA) is 249 Å². The van der Waals surface area contributed by atoms with E-state index in [1.54, 1.807) is 6.92 Å². The quantitative estimate of drug-likeness (QED) is 0.131. The number of rotatable bonds is 12. The molecule has 3 unspecified atom stereocenters.